The van der Waals surface area contributed by atoms with Gasteiger partial charge in [0.1, 0.15) is 10.7 Å². The monoisotopic (exact) mass is 345 g/mol. The molecular formula is C16H12ClN3O2S. The van der Waals surface area contributed by atoms with E-state index >= 15 is 0 Å². The molecule has 2 N–H and O–H groups in total. The summed E-state index contributed by atoms with van der Waals surface area (Å²) in [5, 5.41) is 15.0. The van der Waals surface area contributed by atoms with Crippen molar-refractivity contribution in [2.24, 2.45) is 0 Å². The number of nitrogens with zero attached hydrogens (tertiary/aromatic N) is 2. The maximum absolute atomic E-state index is 12.3. The Morgan fingerprint density at radius 3 is 3.00 bits per heavy atom. The number of nitrogens with one attached hydrogen (secondary N) is 1. The first-order valence-corrected chi connectivity index (χ1v) is 7.99. The van der Waals surface area contributed by atoms with E-state index in [0.717, 1.165) is 5.56 Å². The summed E-state index contributed by atoms with van der Waals surface area (Å²) < 4.78 is 0. The maximum Gasteiger partial charge on any atom is 0.275 e. The van der Waals surface area contributed by atoms with Gasteiger partial charge in [-0.05, 0) is 18.2 Å². The van der Waals surface area contributed by atoms with Gasteiger partial charge in [0.15, 0.2) is 0 Å². The molecule has 0 aliphatic carbocycles. The molecule has 1 amide bonds. The predicted molar refractivity (Wildman–Crippen MR) is 90.7 cm³/mol. The zero-order valence-corrected chi connectivity index (χ0v) is 13.4. The van der Waals surface area contributed by atoms with Crippen LogP contribution in [0.3, 0.4) is 0 Å². The van der Waals surface area contributed by atoms with Gasteiger partial charge in [-0.2, -0.15) is 0 Å². The van der Waals surface area contributed by atoms with Gasteiger partial charge < -0.3 is 10.4 Å². The first-order chi connectivity index (χ1) is 11.2. The lowest BCUT2D eigenvalue weighted by molar-refractivity contribution is 0.102. The molecule has 3 aromatic rings. The first kappa shape index (κ1) is 15.6. The van der Waals surface area contributed by atoms with Crippen LogP contribution < -0.4 is 5.32 Å². The molecule has 0 spiro atoms. The number of hydrogen-bond acceptors (Lipinski definition) is 5. The van der Waals surface area contributed by atoms with Crippen LogP contribution in [-0.2, 0) is 6.61 Å². The molecule has 0 unspecified atom stereocenters. The Morgan fingerprint density at radius 1 is 1.35 bits per heavy atom. The average molecular weight is 346 g/mol. The molecule has 2 heterocycles. The number of thiazole rings is 1. The maximum atomic E-state index is 12.3. The zero-order valence-electron chi connectivity index (χ0n) is 11.9. The Morgan fingerprint density at radius 2 is 2.22 bits per heavy atom. The van der Waals surface area contributed by atoms with Gasteiger partial charge >= 0.3 is 0 Å². The van der Waals surface area contributed by atoms with E-state index in [4.69, 9.17) is 11.6 Å². The average Bonchev–Trinajstić information content (AvgIpc) is 3.05. The zero-order chi connectivity index (χ0) is 16.2. The molecule has 2 aromatic heterocycles. The number of aliphatic hydroxyl groups excluding tert-OH is 1. The van der Waals surface area contributed by atoms with E-state index in [1.165, 1.54) is 17.5 Å². The van der Waals surface area contributed by atoms with Crippen molar-refractivity contribution >= 4 is 34.5 Å². The molecule has 0 saturated heterocycles. The molecule has 1 aromatic carbocycles. The second-order valence-electron chi connectivity index (χ2n) is 4.69. The normalized spacial score (nSPS) is 10.5. The van der Waals surface area contributed by atoms with E-state index in [0.29, 0.717) is 27.0 Å². The van der Waals surface area contributed by atoms with E-state index in [1.54, 1.807) is 29.8 Å². The summed E-state index contributed by atoms with van der Waals surface area (Å²) in [4.78, 5) is 20.6. The first-order valence-electron chi connectivity index (χ1n) is 6.74. The molecule has 5 nitrogen and oxygen atoms in total. The Balaban J connectivity index is 1.81. The molecule has 3 rings (SSSR count). The minimum Gasteiger partial charge on any atom is -0.392 e. The van der Waals surface area contributed by atoms with Crippen molar-refractivity contribution < 1.29 is 9.90 Å². The number of benzene rings is 1. The van der Waals surface area contributed by atoms with Crippen molar-refractivity contribution in [3.8, 4) is 10.6 Å². The molecule has 0 aliphatic heterocycles. The van der Waals surface area contributed by atoms with Crippen LogP contribution in [0.15, 0.2) is 48.1 Å². The highest BCUT2D eigenvalue weighted by molar-refractivity contribution is 7.13. The lowest BCUT2D eigenvalue weighted by Gasteiger charge is -2.07. The van der Waals surface area contributed by atoms with E-state index in [2.05, 4.69) is 15.3 Å². The van der Waals surface area contributed by atoms with Gasteiger partial charge in [-0.15, -0.1) is 11.3 Å². The van der Waals surface area contributed by atoms with E-state index in [9.17, 15) is 9.90 Å². The molecule has 0 radical (unpaired) electrons. The fourth-order valence-corrected chi connectivity index (χ4v) is 2.98. The molecule has 0 aliphatic rings. The Kier molecular flexibility index (Phi) is 4.66. The van der Waals surface area contributed by atoms with E-state index < -0.39 is 0 Å². The lowest BCUT2D eigenvalue weighted by Crippen LogP contribution is -2.14. The number of amides is 1. The summed E-state index contributed by atoms with van der Waals surface area (Å²) in [7, 11) is 0. The Hall–Kier alpha value is -2.28. The third-order valence-corrected chi connectivity index (χ3v) is 4.26. The number of pyridine rings is 1. The van der Waals surface area contributed by atoms with E-state index in [-0.39, 0.29) is 12.5 Å². The molecule has 23 heavy (non-hydrogen) atoms. The second-order valence-corrected chi connectivity index (χ2v) is 5.99. The fourth-order valence-electron chi connectivity index (χ4n) is 1.99. The highest BCUT2D eigenvalue weighted by Crippen LogP contribution is 2.26. The predicted octanol–water partition coefficient (Wildman–Crippen LogP) is 3.60. The molecule has 116 valence electrons. The largest absolute Gasteiger partial charge is 0.392 e. The second kappa shape index (κ2) is 6.87. The summed E-state index contributed by atoms with van der Waals surface area (Å²) in [6, 6.07) is 8.95. The van der Waals surface area contributed by atoms with Crippen molar-refractivity contribution in [3.05, 3.63) is 64.4 Å². The van der Waals surface area contributed by atoms with Gasteiger partial charge in [-0.1, -0.05) is 23.7 Å². The molecule has 0 bridgehead atoms. The number of halogens is 1. The minimum atomic E-state index is -0.350. The number of anilines is 1. The summed E-state index contributed by atoms with van der Waals surface area (Å²) in [6.07, 6.45) is 3.05. The van der Waals surface area contributed by atoms with E-state index in [1.807, 2.05) is 12.1 Å². The number of hydrogen-bond donors (Lipinski definition) is 2. The fraction of sp³-hybridized carbons (Fsp3) is 0.0625. The minimum absolute atomic E-state index is 0.178. The van der Waals surface area contributed by atoms with Gasteiger partial charge in [0, 0.05) is 27.7 Å². The third-order valence-electron chi connectivity index (χ3n) is 3.14. The molecule has 0 atom stereocenters. The van der Waals surface area contributed by atoms with Gasteiger partial charge in [0.25, 0.3) is 5.91 Å². The van der Waals surface area contributed by atoms with Crippen LogP contribution in [0, 0.1) is 0 Å². The number of carbonyl (C=O) groups excluding carboxylic acids is 1. The Bertz CT molecular complexity index is 851. The van der Waals surface area contributed by atoms with Crippen molar-refractivity contribution in [2.45, 2.75) is 6.61 Å². The van der Waals surface area contributed by atoms with Gasteiger partial charge in [-0.3, -0.25) is 9.78 Å². The molecule has 0 fully saturated rings. The van der Waals surface area contributed by atoms with Crippen LogP contribution in [0.2, 0.25) is 5.02 Å². The molecular weight excluding hydrogens is 334 g/mol. The SMILES string of the molecule is O=C(Nc1cnccc1CO)c1csc(-c2cccc(Cl)c2)n1. The van der Waals surface area contributed by atoms with Crippen LogP contribution in [0.5, 0.6) is 0 Å². The number of aliphatic hydroxyl groups is 1. The van der Waals surface area contributed by atoms with Crippen molar-refractivity contribution in [1.82, 2.24) is 9.97 Å². The lowest BCUT2D eigenvalue weighted by atomic mass is 10.2. The number of rotatable bonds is 4. The van der Waals surface area contributed by atoms with Gasteiger partial charge in [0.2, 0.25) is 0 Å². The van der Waals surface area contributed by atoms with Crippen LogP contribution in [-0.4, -0.2) is 21.0 Å². The summed E-state index contributed by atoms with van der Waals surface area (Å²) in [5.74, 6) is -0.350. The highest BCUT2D eigenvalue weighted by Gasteiger charge is 2.14. The Labute approximate surface area is 141 Å². The van der Waals surface area contributed by atoms with Crippen LogP contribution in [0.4, 0.5) is 5.69 Å². The smallest absolute Gasteiger partial charge is 0.275 e. The van der Waals surface area contributed by atoms with Crippen molar-refractivity contribution in [1.29, 1.82) is 0 Å². The molecule has 7 heteroatoms. The van der Waals surface area contributed by atoms with Crippen LogP contribution in [0.25, 0.3) is 10.6 Å². The van der Waals surface area contributed by atoms with Crippen LogP contribution in [0.1, 0.15) is 16.1 Å². The standard InChI is InChI=1S/C16H12ClN3O2S/c17-12-3-1-2-10(6-12)16-20-14(9-23-16)15(22)19-13-7-18-5-4-11(13)8-21/h1-7,9,21H,8H2,(H,19,22). The highest BCUT2D eigenvalue weighted by atomic mass is 35.5. The summed E-state index contributed by atoms with van der Waals surface area (Å²) in [5.41, 5.74) is 2.23. The van der Waals surface area contributed by atoms with Gasteiger partial charge in [0.05, 0.1) is 18.5 Å². The molecule has 0 saturated carbocycles. The van der Waals surface area contributed by atoms with Gasteiger partial charge in [-0.25, -0.2) is 4.98 Å². The van der Waals surface area contributed by atoms with Crippen molar-refractivity contribution in [3.63, 3.8) is 0 Å². The number of aromatic nitrogens is 2. The third kappa shape index (κ3) is 3.56. The van der Waals surface area contributed by atoms with Crippen LogP contribution >= 0.6 is 22.9 Å². The quantitative estimate of drug-likeness (QED) is 0.757. The summed E-state index contributed by atoms with van der Waals surface area (Å²) >= 11 is 7.34. The summed E-state index contributed by atoms with van der Waals surface area (Å²) in [6.45, 7) is -0.178. The van der Waals surface area contributed by atoms with Crippen molar-refractivity contribution in [2.75, 3.05) is 5.32 Å². The number of carbonyl (C=O) groups is 1. The topological polar surface area (TPSA) is 75.1 Å².